The van der Waals surface area contributed by atoms with Crippen LogP contribution in [0.4, 0.5) is 0 Å². The maximum Gasteiger partial charge on any atom is 0.0606 e. The molecule has 0 bridgehead atoms. The third kappa shape index (κ3) is 12.2. The van der Waals surface area contributed by atoms with Crippen LogP contribution in [-0.2, 0) is 0 Å². The van der Waals surface area contributed by atoms with Crippen molar-refractivity contribution in [3.05, 3.63) is 5.17 Å². The molecule has 3 heteroatoms. The van der Waals surface area contributed by atoms with Crippen LogP contribution in [0.25, 0.3) is 0 Å². The standard InChI is InChI=1S/C12H21I3/c1-2-3-4-5-6-7-8-9-10-11(13)12(14)15/h2-10H2,1H3. The van der Waals surface area contributed by atoms with E-state index in [0.29, 0.717) is 0 Å². The van der Waals surface area contributed by atoms with E-state index in [1.807, 2.05) is 0 Å². The molecule has 0 saturated carbocycles. The molecule has 0 fully saturated rings. The second-order valence-corrected chi connectivity index (χ2v) is 9.41. The average Bonchev–Trinajstić information content (AvgIpc) is 2.21. The van der Waals surface area contributed by atoms with Crippen molar-refractivity contribution in [2.45, 2.75) is 64.7 Å². The minimum atomic E-state index is 1.29. The fraction of sp³-hybridized carbons (Fsp3) is 0.833. The van der Waals surface area contributed by atoms with Crippen molar-refractivity contribution in [1.29, 1.82) is 0 Å². The van der Waals surface area contributed by atoms with E-state index in [-0.39, 0.29) is 0 Å². The van der Waals surface area contributed by atoms with Gasteiger partial charge in [0.2, 0.25) is 0 Å². The molecule has 0 radical (unpaired) electrons. The van der Waals surface area contributed by atoms with Crippen molar-refractivity contribution >= 4 is 67.8 Å². The van der Waals surface area contributed by atoms with Gasteiger partial charge in [-0.3, -0.25) is 0 Å². The van der Waals surface area contributed by atoms with E-state index in [4.69, 9.17) is 0 Å². The Labute approximate surface area is 136 Å². The zero-order valence-electron chi connectivity index (χ0n) is 9.50. The molecule has 90 valence electrons. The molecule has 0 spiro atoms. The Kier molecular flexibility index (Phi) is 14.0. The van der Waals surface area contributed by atoms with E-state index in [1.165, 1.54) is 59.4 Å². The van der Waals surface area contributed by atoms with E-state index in [1.54, 1.807) is 3.58 Å². The van der Waals surface area contributed by atoms with Crippen LogP contribution in [0, 0.1) is 0 Å². The Bertz CT molecular complexity index is 172. The van der Waals surface area contributed by atoms with Crippen molar-refractivity contribution in [2.24, 2.45) is 0 Å². The maximum atomic E-state index is 2.48. The summed E-state index contributed by atoms with van der Waals surface area (Å²) in [6.45, 7) is 2.28. The average molecular weight is 546 g/mol. The van der Waals surface area contributed by atoms with Crippen LogP contribution >= 0.6 is 67.8 Å². The number of hydrogen-bond donors (Lipinski definition) is 0. The minimum absolute atomic E-state index is 1.29. The highest BCUT2D eigenvalue weighted by Crippen LogP contribution is 2.29. The lowest BCUT2D eigenvalue weighted by molar-refractivity contribution is 0.577. The zero-order valence-corrected chi connectivity index (χ0v) is 16.0. The highest BCUT2D eigenvalue weighted by molar-refractivity contribution is 14.2. The predicted molar refractivity (Wildman–Crippen MR) is 96.3 cm³/mol. The third-order valence-electron chi connectivity index (χ3n) is 2.45. The van der Waals surface area contributed by atoms with Gasteiger partial charge in [0.05, 0.1) is 1.59 Å². The van der Waals surface area contributed by atoms with Crippen molar-refractivity contribution in [3.8, 4) is 0 Å². The van der Waals surface area contributed by atoms with E-state index in [9.17, 15) is 0 Å². The summed E-state index contributed by atoms with van der Waals surface area (Å²) in [5.74, 6) is 0. The van der Waals surface area contributed by atoms with Gasteiger partial charge in [0.15, 0.2) is 0 Å². The minimum Gasteiger partial charge on any atom is -0.0654 e. The summed E-state index contributed by atoms with van der Waals surface area (Å²) in [5.41, 5.74) is 0. The number of halogens is 3. The first-order valence-electron chi connectivity index (χ1n) is 5.88. The Morgan fingerprint density at radius 1 is 0.733 bits per heavy atom. The first-order chi connectivity index (χ1) is 7.18. The molecule has 0 N–H and O–H groups in total. The summed E-state index contributed by atoms with van der Waals surface area (Å²) in [5, 5.41) is 0. The van der Waals surface area contributed by atoms with Crippen LogP contribution < -0.4 is 0 Å². The lowest BCUT2D eigenvalue weighted by Crippen LogP contribution is -1.81. The Morgan fingerprint density at radius 3 is 1.67 bits per heavy atom. The number of unbranched alkanes of at least 4 members (excludes halogenated alkanes) is 7. The molecular formula is C12H21I3. The van der Waals surface area contributed by atoms with Crippen molar-refractivity contribution in [1.82, 2.24) is 0 Å². The van der Waals surface area contributed by atoms with Crippen LogP contribution in [0.3, 0.4) is 0 Å². The van der Waals surface area contributed by atoms with Crippen molar-refractivity contribution in [2.75, 3.05) is 0 Å². The van der Waals surface area contributed by atoms with Crippen molar-refractivity contribution in [3.63, 3.8) is 0 Å². The van der Waals surface area contributed by atoms with Gasteiger partial charge in [0.25, 0.3) is 0 Å². The SMILES string of the molecule is CCCCCCCCCCC(I)=C(I)I. The van der Waals surface area contributed by atoms with Gasteiger partial charge in [-0.05, 0) is 80.6 Å². The lowest BCUT2D eigenvalue weighted by Gasteiger charge is -2.02. The van der Waals surface area contributed by atoms with Crippen LogP contribution in [0.2, 0.25) is 0 Å². The molecule has 0 unspecified atom stereocenters. The summed E-state index contributed by atoms with van der Waals surface area (Å²) < 4.78 is 2.98. The van der Waals surface area contributed by atoms with Crippen LogP contribution in [0.15, 0.2) is 5.17 Å². The predicted octanol–water partition coefficient (Wildman–Crippen LogP) is 6.99. The lowest BCUT2D eigenvalue weighted by atomic mass is 10.1. The van der Waals surface area contributed by atoms with Gasteiger partial charge in [-0.1, -0.05) is 51.9 Å². The molecule has 0 saturated heterocycles. The topological polar surface area (TPSA) is 0 Å². The molecule has 0 aromatic heterocycles. The largest absolute Gasteiger partial charge is 0.0654 e. The van der Waals surface area contributed by atoms with E-state index >= 15 is 0 Å². The first kappa shape index (κ1) is 16.9. The van der Waals surface area contributed by atoms with Crippen LogP contribution in [0.1, 0.15) is 64.7 Å². The first-order valence-corrected chi connectivity index (χ1v) is 9.11. The fourth-order valence-electron chi connectivity index (χ4n) is 1.51. The monoisotopic (exact) mass is 546 g/mol. The van der Waals surface area contributed by atoms with Crippen LogP contribution in [-0.4, -0.2) is 0 Å². The zero-order chi connectivity index (χ0) is 11.5. The van der Waals surface area contributed by atoms with E-state index in [2.05, 4.69) is 74.7 Å². The highest BCUT2D eigenvalue weighted by Gasteiger charge is 1.97. The van der Waals surface area contributed by atoms with Gasteiger partial charge in [-0.25, -0.2) is 0 Å². The quantitative estimate of drug-likeness (QED) is 0.216. The molecule has 0 aliphatic carbocycles. The Balaban J connectivity index is 3.15. The molecule has 0 atom stereocenters. The number of hydrogen-bond acceptors (Lipinski definition) is 0. The molecule has 0 aliphatic heterocycles. The van der Waals surface area contributed by atoms with Gasteiger partial charge >= 0.3 is 0 Å². The van der Waals surface area contributed by atoms with E-state index < -0.39 is 0 Å². The summed E-state index contributed by atoms with van der Waals surface area (Å²) in [7, 11) is 0. The summed E-state index contributed by atoms with van der Waals surface area (Å²) in [6.07, 6.45) is 12.6. The van der Waals surface area contributed by atoms with Gasteiger partial charge in [0.1, 0.15) is 0 Å². The normalized spacial score (nSPS) is 10.4. The molecule has 0 amide bonds. The molecule has 0 rings (SSSR count). The smallest absolute Gasteiger partial charge is 0.0606 e. The molecule has 15 heavy (non-hydrogen) atoms. The number of rotatable bonds is 9. The molecular weight excluding hydrogens is 525 g/mol. The molecule has 0 heterocycles. The molecule has 0 aromatic carbocycles. The fourth-order valence-corrected chi connectivity index (χ4v) is 2.43. The molecule has 0 aromatic rings. The second-order valence-electron chi connectivity index (χ2n) is 3.89. The van der Waals surface area contributed by atoms with E-state index in [0.717, 1.165) is 0 Å². The molecule has 0 aliphatic rings. The van der Waals surface area contributed by atoms with Gasteiger partial charge in [-0.15, -0.1) is 0 Å². The summed E-state index contributed by atoms with van der Waals surface area (Å²) >= 11 is 7.30. The van der Waals surface area contributed by atoms with Crippen LogP contribution in [0.5, 0.6) is 0 Å². The number of allylic oxidation sites excluding steroid dienone is 1. The Hall–Kier alpha value is 1.93. The van der Waals surface area contributed by atoms with Gasteiger partial charge in [0, 0.05) is 3.58 Å². The third-order valence-corrected chi connectivity index (χ3v) is 6.90. The highest BCUT2D eigenvalue weighted by atomic mass is 127. The summed E-state index contributed by atoms with van der Waals surface area (Å²) in [4.78, 5) is 0. The Morgan fingerprint density at radius 2 is 1.20 bits per heavy atom. The summed E-state index contributed by atoms with van der Waals surface area (Å²) in [6, 6.07) is 0. The maximum absolute atomic E-state index is 2.48. The van der Waals surface area contributed by atoms with Gasteiger partial charge < -0.3 is 0 Å². The van der Waals surface area contributed by atoms with Gasteiger partial charge in [-0.2, -0.15) is 0 Å². The molecule has 0 nitrogen and oxygen atoms in total. The second kappa shape index (κ2) is 12.4. The van der Waals surface area contributed by atoms with Crippen molar-refractivity contribution < 1.29 is 0 Å².